The molecule has 1 amide bonds. The minimum atomic E-state index is -0.167. The second-order valence-electron chi connectivity index (χ2n) is 4.46. The Morgan fingerprint density at radius 1 is 1.45 bits per heavy atom. The Bertz CT molecular complexity index is 538. The van der Waals surface area contributed by atoms with Crippen LogP contribution in [0.1, 0.15) is 19.4 Å². The largest absolute Gasteiger partial charge is 0.475 e. The van der Waals surface area contributed by atoms with Gasteiger partial charge in [0.05, 0.1) is 6.10 Å². The van der Waals surface area contributed by atoms with Gasteiger partial charge in [0.15, 0.2) is 0 Å². The van der Waals surface area contributed by atoms with Crippen molar-refractivity contribution >= 4 is 5.91 Å². The number of amides is 1. The Morgan fingerprint density at radius 3 is 2.90 bits per heavy atom. The quantitative estimate of drug-likeness (QED) is 0.808. The van der Waals surface area contributed by atoms with E-state index in [-0.39, 0.29) is 18.6 Å². The maximum Gasteiger partial charge on any atom is 0.242 e. The number of carbonyl (C=O) groups is 1. The summed E-state index contributed by atoms with van der Waals surface area (Å²) in [5.74, 6) is 0.406. The number of carbonyl (C=O) groups excluding carboxylic acids is 1. The summed E-state index contributed by atoms with van der Waals surface area (Å²) in [5, 5.41) is 13.3. The molecule has 2 aromatic rings. The maximum absolute atomic E-state index is 11.6. The highest BCUT2D eigenvalue weighted by atomic mass is 16.5. The van der Waals surface area contributed by atoms with E-state index in [2.05, 4.69) is 25.8 Å². The molecule has 0 aliphatic heterocycles. The van der Waals surface area contributed by atoms with E-state index < -0.39 is 0 Å². The molecule has 0 aromatic carbocycles. The van der Waals surface area contributed by atoms with Gasteiger partial charge in [-0.3, -0.25) is 4.79 Å². The molecule has 0 saturated carbocycles. The van der Waals surface area contributed by atoms with Crippen LogP contribution in [0, 0.1) is 0 Å². The molecule has 0 fully saturated rings. The summed E-state index contributed by atoms with van der Waals surface area (Å²) < 4.78 is 6.80. The van der Waals surface area contributed by atoms with Gasteiger partial charge in [0.2, 0.25) is 11.8 Å². The van der Waals surface area contributed by atoms with Crippen molar-refractivity contribution in [1.29, 1.82) is 0 Å². The van der Waals surface area contributed by atoms with Crippen molar-refractivity contribution in [2.45, 2.75) is 33.0 Å². The van der Waals surface area contributed by atoms with Crippen molar-refractivity contribution in [3.8, 4) is 5.88 Å². The zero-order valence-electron chi connectivity index (χ0n) is 11.4. The normalized spacial score (nSPS) is 10.6. The van der Waals surface area contributed by atoms with Crippen LogP contribution >= 0.6 is 0 Å². The Kier molecular flexibility index (Phi) is 4.59. The number of nitrogens with zero attached hydrogens (tertiary/aromatic N) is 5. The van der Waals surface area contributed by atoms with E-state index in [0.29, 0.717) is 12.4 Å². The van der Waals surface area contributed by atoms with Crippen LogP contribution in [0.3, 0.4) is 0 Å². The van der Waals surface area contributed by atoms with Crippen LogP contribution in [0.2, 0.25) is 0 Å². The van der Waals surface area contributed by atoms with Gasteiger partial charge in [0.1, 0.15) is 12.9 Å². The summed E-state index contributed by atoms with van der Waals surface area (Å²) in [7, 11) is 0. The van der Waals surface area contributed by atoms with Crippen molar-refractivity contribution in [2.24, 2.45) is 0 Å². The number of nitrogens with one attached hydrogen (secondary N) is 1. The molecule has 0 saturated heterocycles. The van der Waals surface area contributed by atoms with Gasteiger partial charge in [-0.1, -0.05) is 6.07 Å². The Morgan fingerprint density at radius 2 is 2.30 bits per heavy atom. The SMILES string of the molecule is CC(C)Oc1ccc(CNC(=O)Cn2cnnn2)cn1. The topological polar surface area (TPSA) is 94.8 Å². The van der Waals surface area contributed by atoms with Crippen molar-refractivity contribution in [3.63, 3.8) is 0 Å². The van der Waals surface area contributed by atoms with E-state index in [1.165, 1.54) is 11.0 Å². The molecule has 2 heterocycles. The van der Waals surface area contributed by atoms with Crippen LogP contribution in [0.25, 0.3) is 0 Å². The molecule has 2 aromatic heterocycles. The number of ether oxygens (including phenoxy) is 1. The van der Waals surface area contributed by atoms with Crippen molar-refractivity contribution in [2.75, 3.05) is 0 Å². The van der Waals surface area contributed by atoms with E-state index in [1.807, 2.05) is 19.9 Å². The molecular weight excluding hydrogens is 260 g/mol. The number of pyridine rings is 1. The predicted octanol–water partition coefficient (Wildman–Crippen LogP) is 0.172. The molecular formula is C12H16N6O2. The number of rotatable bonds is 6. The molecule has 0 aliphatic rings. The molecule has 8 nitrogen and oxygen atoms in total. The zero-order valence-corrected chi connectivity index (χ0v) is 11.4. The van der Waals surface area contributed by atoms with Crippen LogP contribution < -0.4 is 10.1 Å². The van der Waals surface area contributed by atoms with E-state index in [0.717, 1.165) is 5.56 Å². The standard InChI is InChI=1S/C12H16N6O2/c1-9(2)20-12-4-3-10(6-14-12)5-13-11(19)7-18-8-15-16-17-18/h3-4,6,8-9H,5,7H2,1-2H3,(H,13,19). The first kappa shape index (κ1) is 13.9. The molecule has 0 atom stereocenters. The first-order valence-electron chi connectivity index (χ1n) is 6.22. The smallest absolute Gasteiger partial charge is 0.242 e. The lowest BCUT2D eigenvalue weighted by molar-refractivity contribution is -0.122. The highest BCUT2D eigenvalue weighted by Gasteiger charge is 2.04. The van der Waals surface area contributed by atoms with E-state index in [1.54, 1.807) is 12.3 Å². The Balaban J connectivity index is 1.80. The molecule has 0 bridgehead atoms. The minimum Gasteiger partial charge on any atom is -0.475 e. The summed E-state index contributed by atoms with van der Waals surface area (Å²) in [6.45, 7) is 4.37. The minimum absolute atomic E-state index is 0.0874. The molecule has 1 N–H and O–H groups in total. The van der Waals surface area contributed by atoms with Gasteiger partial charge in [0, 0.05) is 18.8 Å². The first-order valence-corrected chi connectivity index (χ1v) is 6.22. The average molecular weight is 276 g/mol. The summed E-state index contributed by atoms with van der Waals surface area (Å²) >= 11 is 0. The fourth-order valence-electron chi connectivity index (χ4n) is 1.48. The van der Waals surface area contributed by atoms with Crippen LogP contribution in [-0.2, 0) is 17.9 Å². The monoisotopic (exact) mass is 276 g/mol. The first-order chi connectivity index (χ1) is 9.63. The van der Waals surface area contributed by atoms with Gasteiger partial charge < -0.3 is 10.1 Å². The van der Waals surface area contributed by atoms with Crippen molar-refractivity contribution in [3.05, 3.63) is 30.2 Å². The molecule has 20 heavy (non-hydrogen) atoms. The highest BCUT2D eigenvalue weighted by molar-refractivity contribution is 5.75. The molecule has 0 aliphatic carbocycles. The number of hydrogen-bond acceptors (Lipinski definition) is 6. The summed E-state index contributed by atoms with van der Waals surface area (Å²) in [5.41, 5.74) is 0.895. The van der Waals surface area contributed by atoms with Gasteiger partial charge in [0.25, 0.3) is 0 Å². The Hall–Kier alpha value is -2.51. The summed E-state index contributed by atoms with van der Waals surface area (Å²) in [6.07, 6.45) is 3.15. The van der Waals surface area contributed by atoms with Gasteiger partial charge in [-0.25, -0.2) is 9.67 Å². The molecule has 0 spiro atoms. The maximum atomic E-state index is 11.6. The number of aromatic nitrogens is 5. The highest BCUT2D eigenvalue weighted by Crippen LogP contribution is 2.09. The van der Waals surface area contributed by atoms with Crippen molar-refractivity contribution < 1.29 is 9.53 Å². The van der Waals surface area contributed by atoms with E-state index in [4.69, 9.17) is 4.74 Å². The van der Waals surface area contributed by atoms with Crippen molar-refractivity contribution in [1.82, 2.24) is 30.5 Å². The fraction of sp³-hybridized carbons (Fsp3) is 0.417. The molecule has 106 valence electrons. The summed E-state index contributed by atoms with van der Waals surface area (Å²) in [4.78, 5) is 15.8. The second kappa shape index (κ2) is 6.60. The predicted molar refractivity (Wildman–Crippen MR) is 69.7 cm³/mol. The van der Waals surface area contributed by atoms with Gasteiger partial charge in [-0.2, -0.15) is 0 Å². The lowest BCUT2D eigenvalue weighted by Crippen LogP contribution is -2.27. The van der Waals surface area contributed by atoms with Gasteiger partial charge >= 0.3 is 0 Å². The third-order valence-electron chi connectivity index (χ3n) is 2.34. The van der Waals surface area contributed by atoms with Crippen LogP contribution in [-0.4, -0.2) is 37.2 Å². The average Bonchev–Trinajstić information content (AvgIpc) is 2.90. The molecule has 0 unspecified atom stereocenters. The Labute approximate surface area is 116 Å². The van der Waals surface area contributed by atoms with Crippen LogP contribution in [0.5, 0.6) is 5.88 Å². The van der Waals surface area contributed by atoms with E-state index >= 15 is 0 Å². The van der Waals surface area contributed by atoms with E-state index in [9.17, 15) is 4.79 Å². The third-order valence-corrected chi connectivity index (χ3v) is 2.34. The lowest BCUT2D eigenvalue weighted by atomic mass is 10.3. The zero-order chi connectivity index (χ0) is 14.4. The van der Waals surface area contributed by atoms with Gasteiger partial charge in [-0.15, -0.1) is 5.10 Å². The van der Waals surface area contributed by atoms with Gasteiger partial charge in [-0.05, 0) is 29.8 Å². The number of hydrogen-bond donors (Lipinski definition) is 1. The number of tetrazole rings is 1. The second-order valence-corrected chi connectivity index (χ2v) is 4.46. The lowest BCUT2D eigenvalue weighted by Gasteiger charge is -2.09. The third kappa shape index (κ3) is 4.30. The molecule has 2 rings (SSSR count). The summed E-state index contributed by atoms with van der Waals surface area (Å²) in [6, 6.07) is 3.64. The van der Waals surface area contributed by atoms with Crippen LogP contribution in [0.15, 0.2) is 24.7 Å². The van der Waals surface area contributed by atoms with Crippen LogP contribution in [0.4, 0.5) is 0 Å². The molecule has 0 radical (unpaired) electrons. The molecule has 8 heteroatoms. The fourth-order valence-corrected chi connectivity index (χ4v) is 1.48.